The van der Waals surface area contributed by atoms with Crippen molar-refractivity contribution < 1.29 is 3.89 Å². The fraction of sp³-hybridized carbons (Fsp3) is 0.417. The minimum Gasteiger partial charge on any atom is -0.370 e. The highest BCUT2D eigenvalue weighted by atomic mass is 35.5. The van der Waals surface area contributed by atoms with Crippen molar-refractivity contribution in [1.82, 2.24) is 5.32 Å². The van der Waals surface area contributed by atoms with Crippen LogP contribution < -0.4 is 11.1 Å². The van der Waals surface area contributed by atoms with E-state index in [1.165, 1.54) is 0 Å². The first-order valence-electron chi connectivity index (χ1n) is 5.64. The first kappa shape index (κ1) is 15.1. The first-order valence-corrected chi connectivity index (χ1v) is 6.90. The Hall–Kier alpha value is -0.940. The molecule has 0 saturated carbocycles. The number of hydrogen-bond donors (Lipinski definition) is 2. The molecule has 0 heterocycles. The number of rotatable bonds is 6. The lowest BCUT2D eigenvalue weighted by Crippen LogP contribution is -2.30. The molecule has 1 rings (SSSR count). The van der Waals surface area contributed by atoms with Crippen LogP contribution in [0.15, 0.2) is 23.2 Å². The fourth-order valence-electron chi connectivity index (χ4n) is 1.49. The molecule has 6 heteroatoms. The van der Waals surface area contributed by atoms with E-state index in [2.05, 4.69) is 10.3 Å². The SMILES string of the molecule is CN=C(N)NCc1ccc(CCCSF)c(Cl)c1. The summed E-state index contributed by atoms with van der Waals surface area (Å²) in [6, 6.07) is 5.86. The van der Waals surface area contributed by atoms with Gasteiger partial charge in [-0.05, 0) is 30.0 Å². The number of benzene rings is 1. The predicted octanol–water partition coefficient (Wildman–Crippen LogP) is 2.92. The summed E-state index contributed by atoms with van der Waals surface area (Å²) < 4.78 is 11.9. The van der Waals surface area contributed by atoms with Gasteiger partial charge in [0, 0.05) is 36.5 Å². The number of halogens is 2. The van der Waals surface area contributed by atoms with E-state index in [9.17, 15) is 3.89 Å². The second-order valence-electron chi connectivity index (χ2n) is 3.80. The Kier molecular flexibility index (Phi) is 6.90. The lowest BCUT2D eigenvalue weighted by atomic mass is 10.1. The average Bonchev–Trinajstić information content (AvgIpc) is 2.38. The van der Waals surface area contributed by atoms with E-state index < -0.39 is 0 Å². The summed E-state index contributed by atoms with van der Waals surface area (Å²) in [5.41, 5.74) is 7.62. The smallest absolute Gasteiger partial charge is 0.188 e. The van der Waals surface area contributed by atoms with Gasteiger partial charge in [0.1, 0.15) is 0 Å². The maximum Gasteiger partial charge on any atom is 0.188 e. The van der Waals surface area contributed by atoms with E-state index in [1.807, 2.05) is 18.2 Å². The lowest BCUT2D eigenvalue weighted by Gasteiger charge is -2.08. The quantitative estimate of drug-likeness (QED) is 0.481. The van der Waals surface area contributed by atoms with Crippen LogP contribution in [0.25, 0.3) is 0 Å². The normalized spacial score (nSPS) is 11.6. The molecule has 0 aliphatic carbocycles. The van der Waals surface area contributed by atoms with E-state index in [-0.39, 0.29) is 0 Å². The number of hydrogen-bond acceptors (Lipinski definition) is 2. The molecule has 0 aliphatic heterocycles. The molecule has 0 atom stereocenters. The Balaban J connectivity index is 2.56. The highest BCUT2D eigenvalue weighted by molar-refractivity contribution is 7.94. The van der Waals surface area contributed by atoms with Gasteiger partial charge in [0.2, 0.25) is 0 Å². The number of aliphatic imine (C=N–C) groups is 1. The molecule has 18 heavy (non-hydrogen) atoms. The third-order valence-corrected chi connectivity index (χ3v) is 3.29. The molecule has 0 saturated heterocycles. The molecule has 1 aromatic carbocycles. The van der Waals surface area contributed by atoms with Gasteiger partial charge >= 0.3 is 0 Å². The van der Waals surface area contributed by atoms with E-state index >= 15 is 0 Å². The first-order chi connectivity index (χ1) is 8.67. The fourth-order valence-corrected chi connectivity index (χ4v) is 2.04. The van der Waals surface area contributed by atoms with Crippen molar-refractivity contribution in [2.24, 2.45) is 10.7 Å². The van der Waals surface area contributed by atoms with E-state index in [4.69, 9.17) is 17.3 Å². The summed E-state index contributed by atoms with van der Waals surface area (Å²) in [5.74, 6) is 0.901. The Morgan fingerprint density at radius 3 is 2.94 bits per heavy atom. The van der Waals surface area contributed by atoms with Crippen LogP contribution >= 0.6 is 23.7 Å². The third kappa shape index (κ3) is 5.14. The molecule has 0 bridgehead atoms. The monoisotopic (exact) mass is 289 g/mol. The summed E-state index contributed by atoms with van der Waals surface area (Å²) in [4.78, 5) is 3.81. The highest BCUT2D eigenvalue weighted by Crippen LogP contribution is 2.20. The summed E-state index contributed by atoms with van der Waals surface area (Å²) in [5, 5.41) is 3.68. The Morgan fingerprint density at radius 1 is 1.56 bits per heavy atom. The molecule has 3 nitrogen and oxygen atoms in total. The Bertz CT molecular complexity index is 412. The Labute approximate surface area is 116 Å². The van der Waals surface area contributed by atoms with Crippen LogP contribution in [0.1, 0.15) is 17.5 Å². The largest absolute Gasteiger partial charge is 0.370 e. The number of aryl methyl sites for hydroxylation is 1. The second-order valence-corrected chi connectivity index (χ2v) is 4.84. The van der Waals surface area contributed by atoms with Crippen LogP contribution in [0.2, 0.25) is 5.02 Å². The lowest BCUT2D eigenvalue weighted by molar-refractivity contribution is 0.880. The van der Waals surface area contributed by atoms with Crippen LogP contribution in [0.4, 0.5) is 3.89 Å². The van der Waals surface area contributed by atoms with Crippen LogP contribution in [0, 0.1) is 0 Å². The molecular formula is C12H17ClFN3S. The average molecular weight is 290 g/mol. The van der Waals surface area contributed by atoms with Gasteiger partial charge in [-0.15, -0.1) is 0 Å². The molecule has 0 aliphatic rings. The van der Waals surface area contributed by atoms with Crippen molar-refractivity contribution in [3.05, 3.63) is 34.3 Å². The molecular weight excluding hydrogens is 273 g/mol. The van der Waals surface area contributed by atoms with Gasteiger partial charge in [-0.1, -0.05) is 23.7 Å². The molecule has 0 radical (unpaired) electrons. The molecule has 0 spiro atoms. The number of nitrogens with two attached hydrogens (primary N) is 1. The topological polar surface area (TPSA) is 50.4 Å². The minimum atomic E-state index is 0.364. The zero-order valence-corrected chi connectivity index (χ0v) is 11.8. The molecule has 0 fully saturated rings. The van der Waals surface area contributed by atoms with Gasteiger partial charge in [0.25, 0.3) is 0 Å². The molecule has 0 unspecified atom stereocenters. The van der Waals surface area contributed by atoms with Gasteiger partial charge in [-0.25, -0.2) is 0 Å². The van der Waals surface area contributed by atoms with Crippen molar-refractivity contribution in [2.45, 2.75) is 19.4 Å². The van der Waals surface area contributed by atoms with Gasteiger partial charge in [0.15, 0.2) is 5.96 Å². The van der Waals surface area contributed by atoms with Gasteiger partial charge in [0.05, 0.1) is 0 Å². The maximum atomic E-state index is 11.9. The molecule has 0 aromatic heterocycles. The Morgan fingerprint density at radius 2 is 2.33 bits per heavy atom. The second kappa shape index (κ2) is 8.21. The number of nitrogens with zero attached hydrogens (tertiary/aromatic N) is 1. The summed E-state index contributed by atoms with van der Waals surface area (Å²) >= 11 is 6.53. The van der Waals surface area contributed by atoms with E-state index in [1.54, 1.807) is 7.05 Å². The van der Waals surface area contributed by atoms with Gasteiger partial charge in [-0.2, -0.15) is 3.89 Å². The third-order valence-electron chi connectivity index (χ3n) is 2.50. The maximum absolute atomic E-state index is 11.9. The van der Waals surface area contributed by atoms with Gasteiger partial charge in [-0.3, -0.25) is 4.99 Å². The number of guanidine groups is 1. The van der Waals surface area contributed by atoms with Crippen molar-refractivity contribution in [3.63, 3.8) is 0 Å². The predicted molar refractivity (Wildman–Crippen MR) is 77.7 cm³/mol. The minimum absolute atomic E-state index is 0.364. The number of nitrogens with one attached hydrogen (secondary N) is 1. The van der Waals surface area contributed by atoms with Crippen LogP contribution in [0.5, 0.6) is 0 Å². The summed E-state index contributed by atoms with van der Waals surface area (Å²) in [7, 11) is 1.63. The zero-order valence-electron chi connectivity index (χ0n) is 10.2. The van der Waals surface area contributed by atoms with E-state index in [0.29, 0.717) is 35.4 Å². The van der Waals surface area contributed by atoms with Crippen LogP contribution in [0.3, 0.4) is 0 Å². The zero-order chi connectivity index (χ0) is 13.4. The molecule has 0 amide bonds. The van der Waals surface area contributed by atoms with Crippen LogP contribution in [-0.4, -0.2) is 18.8 Å². The molecule has 100 valence electrons. The van der Waals surface area contributed by atoms with Crippen LogP contribution in [-0.2, 0) is 13.0 Å². The molecule has 3 N–H and O–H groups in total. The standard InChI is InChI=1S/C12H17ClFN3S/c1-16-12(15)17-8-9-4-5-10(11(13)7-9)3-2-6-18-14/h4-5,7H,2-3,6,8H2,1H3,(H3,15,16,17). The van der Waals surface area contributed by atoms with Crippen molar-refractivity contribution >= 4 is 29.7 Å². The van der Waals surface area contributed by atoms with Crippen molar-refractivity contribution in [3.8, 4) is 0 Å². The summed E-state index contributed by atoms with van der Waals surface area (Å²) in [6.45, 7) is 0.587. The molecule has 1 aromatic rings. The van der Waals surface area contributed by atoms with Crippen molar-refractivity contribution in [1.29, 1.82) is 0 Å². The van der Waals surface area contributed by atoms with Gasteiger partial charge < -0.3 is 11.1 Å². The van der Waals surface area contributed by atoms with Crippen molar-refractivity contribution in [2.75, 3.05) is 12.8 Å². The summed E-state index contributed by atoms with van der Waals surface area (Å²) in [6.07, 6.45) is 1.58. The highest BCUT2D eigenvalue weighted by Gasteiger charge is 2.02. The van der Waals surface area contributed by atoms with E-state index in [0.717, 1.165) is 24.0 Å².